The van der Waals surface area contributed by atoms with Crippen molar-refractivity contribution in [3.8, 4) is 0 Å². The van der Waals surface area contributed by atoms with Crippen LogP contribution in [0, 0.1) is 0 Å². The van der Waals surface area contributed by atoms with Crippen molar-refractivity contribution in [1.82, 2.24) is 5.32 Å². The Morgan fingerprint density at radius 3 is 0.979 bits per heavy atom. The summed E-state index contributed by atoms with van der Waals surface area (Å²) in [5.41, 5.74) is 0. The van der Waals surface area contributed by atoms with E-state index in [1.54, 1.807) is 6.08 Å². The molecule has 19 nitrogen and oxygen atoms in total. The molecule has 12 N–H and O–H groups in total. The van der Waals surface area contributed by atoms with Gasteiger partial charge in [0, 0.05) is 6.42 Å². The third-order valence-electron chi connectivity index (χ3n) is 20.3. The average molecular weight is 1380 g/mol. The summed E-state index contributed by atoms with van der Waals surface area (Å²) in [6.07, 6.45) is 42.0. The van der Waals surface area contributed by atoms with E-state index in [0.717, 1.165) is 44.9 Å². The minimum Gasteiger partial charge on any atom is -0.394 e. The van der Waals surface area contributed by atoms with Gasteiger partial charge >= 0.3 is 0 Å². The van der Waals surface area contributed by atoms with Crippen molar-refractivity contribution < 1.29 is 89.4 Å². The summed E-state index contributed by atoms with van der Waals surface area (Å²) < 4.78 is 34.5. The monoisotopic (exact) mass is 1370 g/mol. The molecule has 3 rings (SSSR count). The Morgan fingerprint density at radius 2 is 0.646 bits per heavy atom. The second kappa shape index (κ2) is 59.0. The van der Waals surface area contributed by atoms with Gasteiger partial charge in [0.25, 0.3) is 0 Å². The van der Waals surface area contributed by atoms with Gasteiger partial charge in [0.2, 0.25) is 5.91 Å². The molecule has 0 aliphatic carbocycles. The summed E-state index contributed by atoms with van der Waals surface area (Å²) in [5.74, 6) is -0.266. The molecule has 1 amide bonds. The fourth-order valence-corrected chi connectivity index (χ4v) is 13.9. The summed E-state index contributed by atoms with van der Waals surface area (Å²) in [6.45, 7) is 1.80. The Hall–Kier alpha value is -1.47. The van der Waals surface area contributed by atoms with E-state index in [9.17, 15) is 61.0 Å². The van der Waals surface area contributed by atoms with E-state index in [2.05, 4.69) is 19.2 Å². The summed E-state index contributed by atoms with van der Waals surface area (Å²) in [7, 11) is 0. The molecule has 0 spiro atoms. The van der Waals surface area contributed by atoms with Crippen molar-refractivity contribution >= 4 is 5.91 Å². The smallest absolute Gasteiger partial charge is 0.220 e. The molecule has 3 saturated heterocycles. The highest BCUT2D eigenvalue weighted by Gasteiger charge is 2.54. The van der Waals surface area contributed by atoms with Crippen molar-refractivity contribution in [2.24, 2.45) is 0 Å². The van der Waals surface area contributed by atoms with Crippen LogP contribution in [0.15, 0.2) is 12.2 Å². The van der Waals surface area contributed by atoms with Crippen molar-refractivity contribution in [2.75, 3.05) is 26.4 Å². The van der Waals surface area contributed by atoms with E-state index in [0.29, 0.717) is 6.42 Å². The Bertz CT molecular complexity index is 1790. The number of ether oxygens (including phenoxy) is 6. The number of amides is 1. The molecular weight excluding hydrogens is 1230 g/mol. The van der Waals surface area contributed by atoms with Crippen LogP contribution in [0.2, 0.25) is 0 Å². The zero-order valence-corrected chi connectivity index (χ0v) is 60.6. The molecule has 96 heavy (non-hydrogen) atoms. The lowest BCUT2D eigenvalue weighted by Gasteiger charge is -2.48. The molecule has 0 aromatic carbocycles. The number of aliphatic hydroxyl groups is 11. The van der Waals surface area contributed by atoms with Crippen LogP contribution in [0.25, 0.3) is 0 Å². The number of hydrogen-bond acceptors (Lipinski definition) is 18. The molecule has 0 radical (unpaired) electrons. The quantitative estimate of drug-likeness (QED) is 0.0199. The number of aliphatic hydroxyl groups excluding tert-OH is 11. The highest BCUT2D eigenvalue weighted by molar-refractivity contribution is 5.76. The average Bonchev–Trinajstić information content (AvgIpc) is 0.786. The van der Waals surface area contributed by atoms with Crippen molar-refractivity contribution in [1.29, 1.82) is 0 Å². The van der Waals surface area contributed by atoms with Crippen LogP contribution in [0.1, 0.15) is 341 Å². The second-order valence-electron chi connectivity index (χ2n) is 28.9. The largest absolute Gasteiger partial charge is 0.394 e. The third-order valence-corrected chi connectivity index (χ3v) is 20.3. The lowest BCUT2D eigenvalue weighted by molar-refractivity contribution is -0.379. The predicted octanol–water partition coefficient (Wildman–Crippen LogP) is 12.8. The third kappa shape index (κ3) is 39.3. The summed E-state index contributed by atoms with van der Waals surface area (Å²) in [4.78, 5) is 13.5. The van der Waals surface area contributed by atoms with Crippen LogP contribution >= 0.6 is 0 Å². The van der Waals surface area contributed by atoms with Gasteiger partial charge in [0.15, 0.2) is 18.9 Å². The van der Waals surface area contributed by atoms with Crippen LogP contribution in [0.5, 0.6) is 0 Å². The second-order valence-corrected chi connectivity index (χ2v) is 28.9. The molecule has 3 heterocycles. The zero-order valence-electron chi connectivity index (χ0n) is 60.6. The van der Waals surface area contributed by atoms with E-state index >= 15 is 0 Å². The summed E-state index contributed by atoms with van der Waals surface area (Å²) in [6, 6.07) is -0.970. The Morgan fingerprint density at radius 1 is 0.365 bits per heavy atom. The van der Waals surface area contributed by atoms with Gasteiger partial charge in [-0.2, -0.15) is 0 Å². The van der Waals surface area contributed by atoms with E-state index in [-0.39, 0.29) is 18.9 Å². The number of unbranched alkanes of at least 4 members (excludes halogenated alkanes) is 48. The molecule has 3 fully saturated rings. The molecule has 3 aliphatic rings. The van der Waals surface area contributed by atoms with E-state index < -0.39 is 124 Å². The van der Waals surface area contributed by atoms with Crippen LogP contribution < -0.4 is 5.32 Å². The number of nitrogens with one attached hydrogen (secondary N) is 1. The molecule has 0 aromatic heterocycles. The van der Waals surface area contributed by atoms with Gasteiger partial charge in [-0.25, -0.2) is 0 Å². The highest BCUT2D eigenvalue weighted by Crippen LogP contribution is 2.33. The Labute approximate surface area is 582 Å². The van der Waals surface area contributed by atoms with Gasteiger partial charge in [0.05, 0.1) is 38.6 Å². The Balaban J connectivity index is 1.39. The van der Waals surface area contributed by atoms with Crippen LogP contribution in [0.4, 0.5) is 0 Å². The van der Waals surface area contributed by atoms with Gasteiger partial charge in [-0.3, -0.25) is 4.79 Å². The number of hydrogen-bond donors (Lipinski definition) is 12. The van der Waals surface area contributed by atoms with Crippen LogP contribution in [0.3, 0.4) is 0 Å². The van der Waals surface area contributed by atoms with E-state index in [1.807, 2.05) is 6.08 Å². The first kappa shape index (κ1) is 88.7. The number of rotatable bonds is 64. The minimum absolute atomic E-state index is 0.250. The van der Waals surface area contributed by atoms with Gasteiger partial charge < -0.3 is 89.9 Å². The Kier molecular flexibility index (Phi) is 54.5. The number of carbonyl (C=O) groups is 1. The predicted molar refractivity (Wildman–Crippen MR) is 379 cm³/mol. The van der Waals surface area contributed by atoms with Crippen molar-refractivity contribution in [2.45, 2.75) is 446 Å². The zero-order chi connectivity index (χ0) is 69.6. The van der Waals surface area contributed by atoms with E-state index in [4.69, 9.17) is 28.4 Å². The number of carbonyl (C=O) groups excluding carboxylic acids is 1. The topological polar surface area (TPSA) is 307 Å². The van der Waals surface area contributed by atoms with Gasteiger partial charge in [0.1, 0.15) is 73.2 Å². The van der Waals surface area contributed by atoms with E-state index in [1.165, 1.54) is 270 Å². The maximum atomic E-state index is 13.5. The van der Waals surface area contributed by atoms with Gasteiger partial charge in [-0.1, -0.05) is 328 Å². The SMILES string of the molecule is CCCCCCCCCCCCCCCCCCCCCCCCC/C=C/C(O)C(COC1OC(CO)C(OC2OC(CO)C(OC3OC(CO)C(O)C(O)C3O)C(O)C2O)C(O)C1O)NC(=O)CCCCCCCCCCCCCCCCCCCCCCCCCCCC. The van der Waals surface area contributed by atoms with Crippen molar-refractivity contribution in [3.05, 3.63) is 12.2 Å². The molecule has 0 saturated carbocycles. The lowest BCUT2D eigenvalue weighted by Crippen LogP contribution is -2.66. The molecule has 3 aliphatic heterocycles. The molecule has 19 heteroatoms. The first-order valence-corrected chi connectivity index (χ1v) is 39.9. The maximum Gasteiger partial charge on any atom is 0.220 e. The van der Waals surface area contributed by atoms with Gasteiger partial charge in [-0.15, -0.1) is 0 Å². The summed E-state index contributed by atoms with van der Waals surface area (Å²) >= 11 is 0. The van der Waals surface area contributed by atoms with Crippen LogP contribution in [-0.2, 0) is 33.2 Å². The minimum atomic E-state index is -1.98. The molecule has 17 atom stereocenters. The first-order chi connectivity index (χ1) is 46.8. The fourth-order valence-electron chi connectivity index (χ4n) is 13.9. The summed E-state index contributed by atoms with van der Waals surface area (Å²) in [5, 5.41) is 121. The van der Waals surface area contributed by atoms with Crippen LogP contribution in [-0.4, -0.2) is 193 Å². The normalized spacial score (nSPS) is 27.0. The molecule has 17 unspecified atom stereocenters. The molecule has 0 aromatic rings. The maximum absolute atomic E-state index is 13.5. The highest BCUT2D eigenvalue weighted by atomic mass is 16.8. The number of allylic oxidation sites excluding steroid dienone is 1. The lowest BCUT2D eigenvalue weighted by atomic mass is 9.96. The molecule has 0 bridgehead atoms. The fraction of sp³-hybridized carbons (Fsp3) is 0.961. The molecular formula is C77H147NO18. The first-order valence-electron chi connectivity index (χ1n) is 39.9. The molecule has 568 valence electrons. The van der Waals surface area contributed by atoms with Gasteiger partial charge in [-0.05, 0) is 19.3 Å². The van der Waals surface area contributed by atoms with Crippen molar-refractivity contribution in [3.63, 3.8) is 0 Å². The standard InChI is InChI=1S/C77H147NO18/c1-3-5-7-9-11-13-15-17-19-21-23-25-27-29-31-33-35-37-39-41-43-45-47-49-51-53-55-65(83)78-60(61(82)54-52-50-48-46-44-42-40-38-36-34-32-30-28-26-24-22-20-18-16-14-12-10-8-6-4-2)59-91-75-71(89)68(86)73(63(57-80)93-75)96-77-72(90)69(87)74(64(58-81)94-77)95-76-70(88)67(85)66(84)62(56-79)92-76/h52,54,60-64,66-77,79-82,84-90H,3-51,53,55-59H2,1-2H3,(H,78,83)/b54-52+.